The lowest BCUT2D eigenvalue weighted by Gasteiger charge is -1.98. The van der Waals surface area contributed by atoms with Gasteiger partial charge in [-0.2, -0.15) is 5.10 Å². The Hall–Kier alpha value is -2.43. The third-order valence-electron chi connectivity index (χ3n) is 3.62. The van der Waals surface area contributed by atoms with E-state index in [1.54, 1.807) is 6.21 Å². The summed E-state index contributed by atoms with van der Waals surface area (Å²) in [7, 11) is 0. The first-order valence-electron chi connectivity index (χ1n) is 7.80. The van der Waals surface area contributed by atoms with Gasteiger partial charge in [0.25, 0.3) is 5.91 Å². The molecule has 0 spiro atoms. The molecule has 0 atom stereocenters. The van der Waals surface area contributed by atoms with Gasteiger partial charge in [0, 0.05) is 10.1 Å². The predicted molar refractivity (Wildman–Crippen MR) is 108 cm³/mol. The van der Waals surface area contributed by atoms with E-state index in [1.807, 2.05) is 68.5 Å². The summed E-state index contributed by atoms with van der Waals surface area (Å²) in [5.41, 5.74) is 5.70. The smallest absolute Gasteiger partial charge is 0.266 e. The molecule has 0 radical (unpaired) electrons. The second-order valence-corrected chi connectivity index (χ2v) is 7.17. The van der Waals surface area contributed by atoms with Crippen molar-refractivity contribution < 1.29 is 4.79 Å². The number of carbonyl (C=O) groups is 1. The molecule has 1 N–H and O–H groups in total. The number of benzene rings is 2. The van der Waals surface area contributed by atoms with Crippen LogP contribution in [0.1, 0.15) is 27.7 Å². The molecule has 0 bridgehead atoms. The minimum atomic E-state index is -0.299. The molecule has 0 aliphatic heterocycles. The molecule has 3 aromatic rings. The fourth-order valence-electron chi connectivity index (χ4n) is 2.41. The van der Waals surface area contributed by atoms with E-state index in [0.29, 0.717) is 9.90 Å². The lowest BCUT2D eigenvalue weighted by molar-refractivity contribution is 0.0959. The van der Waals surface area contributed by atoms with Gasteiger partial charge in [-0.25, -0.2) is 5.43 Å². The number of fused-ring (bicyclic) bond motifs is 1. The van der Waals surface area contributed by atoms with Gasteiger partial charge in [0.05, 0.1) is 11.2 Å². The second-order valence-electron chi connectivity index (χ2n) is 5.74. The Labute approximate surface area is 155 Å². The minimum Gasteiger partial charge on any atom is -0.266 e. The topological polar surface area (TPSA) is 41.5 Å². The van der Waals surface area contributed by atoms with E-state index in [-0.39, 0.29) is 5.91 Å². The first-order valence-corrected chi connectivity index (χ1v) is 8.99. The third-order valence-corrected chi connectivity index (χ3v) is 5.28. The van der Waals surface area contributed by atoms with Crippen molar-refractivity contribution in [2.75, 3.05) is 0 Å². The summed E-state index contributed by atoms with van der Waals surface area (Å²) in [5, 5.41) is 5.40. The predicted octanol–water partition coefficient (Wildman–Crippen LogP) is 5.68. The van der Waals surface area contributed by atoms with Gasteiger partial charge in [0.1, 0.15) is 4.88 Å². The summed E-state index contributed by atoms with van der Waals surface area (Å²) in [6.07, 6.45) is 3.61. The van der Waals surface area contributed by atoms with E-state index in [9.17, 15) is 4.79 Å². The molecule has 25 heavy (non-hydrogen) atoms. The lowest BCUT2D eigenvalue weighted by Crippen LogP contribution is -2.16. The standard InChI is InChI=1S/C20H17ClN2OS/c1-13-8-9-16-17(11-13)25-19(18(16)21)20(24)23-22-12-14(2)10-15-6-4-3-5-7-15/h3-12H,1-2H3,(H,23,24). The Morgan fingerprint density at radius 3 is 2.72 bits per heavy atom. The molecule has 0 fully saturated rings. The maximum Gasteiger partial charge on any atom is 0.283 e. The fourth-order valence-corrected chi connectivity index (χ4v) is 3.92. The molecule has 3 rings (SSSR count). The van der Waals surface area contributed by atoms with Crippen molar-refractivity contribution in [1.82, 2.24) is 5.43 Å². The van der Waals surface area contributed by atoms with Gasteiger partial charge in [-0.15, -0.1) is 11.3 Å². The number of rotatable bonds is 4. The van der Waals surface area contributed by atoms with E-state index >= 15 is 0 Å². The summed E-state index contributed by atoms with van der Waals surface area (Å²) in [6, 6.07) is 15.9. The zero-order valence-electron chi connectivity index (χ0n) is 13.9. The molecule has 3 nitrogen and oxygen atoms in total. The summed E-state index contributed by atoms with van der Waals surface area (Å²) < 4.78 is 0.999. The average molecular weight is 369 g/mol. The van der Waals surface area contributed by atoms with Crippen molar-refractivity contribution in [3.05, 3.63) is 75.1 Å². The Kier molecular flexibility index (Phi) is 5.31. The van der Waals surface area contributed by atoms with Crippen LogP contribution in [0.25, 0.3) is 16.2 Å². The quantitative estimate of drug-likeness (QED) is 0.467. The summed E-state index contributed by atoms with van der Waals surface area (Å²) in [4.78, 5) is 12.8. The van der Waals surface area contributed by atoms with Crippen molar-refractivity contribution >= 4 is 51.2 Å². The molecule has 0 saturated carbocycles. The van der Waals surface area contributed by atoms with Gasteiger partial charge in [0.2, 0.25) is 0 Å². The second kappa shape index (κ2) is 7.64. The molecule has 1 heterocycles. The van der Waals surface area contributed by atoms with Crippen LogP contribution in [0.3, 0.4) is 0 Å². The zero-order valence-corrected chi connectivity index (χ0v) is 15.5. The van der Waals surface area contributed by atoms with Crippen molar-refractivity contribution in [3.63, 3.8) is 0 Å². The summed E-state index contributed by atoms with van der Waals surface area (Å²) >= 11 is 7.71. The zero-order chi connectivity index (χ0) is 17.8. The monoisotopic (exact) mass is 368 g/mol. The van der Waals surface area contributed by atoms with E-state index < -0.39 is 0 Å². The summed E-state index contributed by atoms with van der Waals surface area (Å²) in [5.74, 6) is -0.299. The maximum absolute atomic E-state index is 12.3. The number of hydrogen-bond acceptors (Lipinski definition) is 3. The highest BCUT2D eigenvalue weighted by atomic mass is 35.5. The minimum absolute atomic E-state index is 0.299. The third kappa shape index (κ3) is 4.16. The van der Waals surface area contributed by atoms with Crippen LogP contribution in [0.2, 0.25) is 5.02 Å². The molecular weight excluding hydrogens is 352 g/mol. The molecule has 0 saturated heterocycles. The molecule has 0 unspecified atom stereocenters. The van der Waals surface area contributed by atoms with E-state index in [1.165, 1.54) is 11.3 Å². The number of hydrazone groups is 1. The lowest BCUT2D eigenvalue weighted by atomic mass is 10.1. The van der Waals surface area contributed by atoms with E-state index in [2.05, 4.69) is 10.5 Å². The number of amides is 1. The Morgan fingerprint density at radius 2 is 1.96 bits per heavy atom. The molecule has 0 aliphatic rings. The normalized spacial score (nSPS) is 12.0. The SMILES string of the molecule is CC(C=NNC(=O)c1sc2cc(C)ccc2c1Cl)=Cc1ccccc1. The number of thiophene rings is 1. The van der Waals surface area contributed by atoms with E-state index in [0.717, 1.165) is 26.8 Å². The summed E-state index contributed by atoms with van der Waals surface area (Å²) in [6.45, 7) is 3.94. The van der Waals surface area contributed by atoms with Crippen LogP contribution in [0.15, 0.2) is 59.2 Å². The highest BCUT2D eigenvalue weighted by Crippen LogP contribution is 2.35. The molecule has 126 valence electrons. The van der Waals surface area contributed by atoms with Crippen LogP contribution < -0.4 is 5.43 Å². The van der Waals surface area contributed by atoms with Crippen LogP contribution in [0, 0.1) is 6.92 Å². The van der Waals surface area contributed by atoms with Crippen LogP contribution >= 0.6 is 22.9 Å². The first kappa shape index (κ1) is 17.4. The first-order chi connectivity index (χ1) is 12.0. The van der Waals surface area contributed by atoms with Gasteiger partial charge < -0.3 is 0 Å². The molecule has 2 aromatic carbocycles. The van der Waals surface area contributed by atoms with Crippen LogP contribution in [0.5, 0.6) is 0 Å². The number of carbonyl (C=O) groups excluding carboxylic acids is 1. The molecule has 1 aromatic heterocycles. The van der Waals surface area contributed by atoms with E-state index in [4.69, 9.17) is 11.6 Å². The number of allylic oxidation sites excluding steroid dienone is 1. The van der Waals surface area contributed by atoms with Crippen LogP contribution in [-0.4, -0.2) is 12.1 Å². The van der Waals surface area contributed by atoms with Crippen LogP contribution in [-0.2, 0) is 0 Å². The Bertz CT molecular complexity index is 974. The van der Waals surface area contributed by atoms with Crippen molar-refractivity contribution in [1.29, 1.82) is 0 Å². The van der Waals surface area contributed by atoms with Gasteiger partial charge in [-0.3, -0.25) is 4.79 Å². The Morgan fingerprint density at radius 1 is 1.20 bits per heavy atom. The van der Waals surface area contributed by atoms with Crippen molar-refractivity contribution in [2.45, 2.75) is 13.8 Å². The van der Waals surface area contributed by atoms with Gasteiger partial charge in [-0.1, -0.05) is 60.1 Å². The number of halogens is 1. The highest BCUT2D eigenvalue weighted by molar-refractivity contribution is 7.21. The number of hydrogen-bond donors (Lipinski definition) is 1. The Balaban J connectivity index is 1.72. The fraction of sp³-hybridized carbons (Fsp3) is 0.100. The van der Waals surface area contributed by atoms with Gasteiger partial charge in [0.15, 0.2) is 0 Å². The molecule has 0 aliphatic carbocycles. The average Bonchev–Trinajstić information content (AvgIpc) is 2.92. The highest BCUT2D eigenvalue weighted by Gasteiger charge is 2.16. The molecule has 1 amide bonds. The number of aryl methyl sites for hydroxylation is 1. The van der Waals surface area contributed by atoms with Crippen LogP contribution in [0.4, 0.5) is 0 Å². The van der Waals surface area contributed by atoms with Gasteiger partial charge in [-0.05, 0) is 36.6 Å². The molecular formula is C20H17ClN2OS. The van der Waals surface area contributed by atoms with Crippen molar-refractivity contribution in [3.8, 4) is 0 Å². The molecule has 5 heteroatoms. The maximum atomic E-state index is 12.3. The number of nitrogens with one attached hydrogen (secondary N) is 1. The van der Waals surface area contributed by atoms with Crippen molar-refractivity contribution in [2.24, 2.45) is 5.10 Å². The van der Waals surface area contributed by atoms with Gasteiger partial charge >= 0.3 is 0 Å². The number of nitrogens with zero attached hydrogens (tertiary/aromatic N) is 1. The largest absolute Gasteiger partial charge is 0.283 e.